The van der Waals surface area contributed by atoms with E-state index in [0.29, 0.717) is 13.1 Å². The summed E-state index contributed by atoms with van der Waals surface area (Å²) in [5.41, 5.74) is 1.10. The lowest BCUT2D eigenvalue weighted by atomic mass is 10.1. The van der Waals surface area contributed by atoms with Gasteiger partial charge in [0.25, 0.3) is 0 Å². The molecule has 68 valence electrons. The van der Waals surface area contributed by atoms with Crippen LogP contribution >= 0.6 is 15.9 Å². The second kappa shape index (κ2) is 3.10. The maximum atomic E-state index is 10.8. The fourth-order valence-electron chi connectivity index (χ4n) is 1.39. The van der Waals surface area contributed by atoms with Crippen LogP contribution in [0.4, 0.5) is 5.82 Å². The summed E-state index contributed by atoms with van der Waals surface area (Å²) < 4.78 is 0.973. The summed E-state index contributed by atoms with van der Waals surface area (Å²) in [6.07, 6.45) is 1.76. The highest BCUT2D eigenvalue weighted by Gasteiger charge is 2.25. The SMILES string of the molecule is Cc1cc(Br)cnc1N1CC(=O)C1. The molecule has 13 heavy (non-hydrogen) atoms. The van der Waals surface area contributed by atoms with E-state index in [2.05, 4.69) is 20.9 Å². The summed E-state index contributed by atoms with van der Waals surface area (Å²) in [5, 5.41) is 0. The van der Waals surface area contributed by atoms with Gasteiger partial charge in [0.2, 0.25) is 0 Å². The number of halogens is 1. The number of hydrogen-bond acceptors (Lipinski definition) is 3. The minimum atomic E-state index is 0.282. The predicted molar refractivity (Wildman–Crippen MR) is 53.9 cm³/mol. The Bertz CT molecular complexity index is 357. The number of aryl methyl sites for hydroxylation is 1. The lowest BCUT2D eigenvalue weighted by molar-refractivity contribution is -0.119. The van der Waals surface area contributed by atoms with Crippen molar-refractivity contribution in [3.05, 3.63) is 22.3 Å². The van der Waals surface area contributed by atoms with Crippen molar-refractivity contribution in [2.45, 2.75) is 6.92 Å². The molecule has 1 saturated heterocycles. The van der Waals surface area contributed by atoms with E-state index in [1.807, 2.05) is 17.9 Å². The van der Waals surface area contributed by atoms with Crippen molar-refractivity contribution >= 4 is 27.5 Å². The number of nitrogens with zero attached hydrogens (tertiary/aromatic N) is 2. The van der Waals surface area contributed by atoms with Crippen LogP contribution in [0.15, 0.2) is 16.7 Å². The highest BCUT2D eigenvalue weighted by molar-refractivity contribution is 9.10. The average molecular weight is 241 g/mol. The van der Waals surface area contributed by atoms with Gasteiger partial charge in [0.15, 0.2) is 5.78 Å². The van der Waals surface area contributed by atoms with Gasteiger partial charge in [-0.15, -0.1) is 0 Å². The van der Waals surface area contributed by atoms with E-state index in [0.717, 1.165) is 15.9 Å². The largest absolute Gasteiger partial charge is 0.342 e. The van der Waals surface area contributed by atoms with Gasteiger partial charge in [0.1, 0.15) is 5.82 Å². The van der Waals surface area contributed by atoms with Gasteiger partial charge in [-0.1, -0.05) is 0 Å². The molecule has 2 heterocycles. The van der Waals surface area contributed by atoms with Gasteiger partial charge in [0, 0.05) is 10.7 Å². The zero-order valence-corrected chi connectivity index (χ0v) is 8.84. The first kappa shape index (κ1) is 8.69. The first-order chi connectivity index (χ1) is 6.16. The molecule has 0 bridgehead atoms. The van der Waals surface area contributed by atoms with Crippen LogP contribution in [0.1, 0.15) is 5.56 Å². The molecule has 4 heteroatoms. The van der Waals surface area contributed by atoms with E-state index < -0.39 is 0 Å². The Morgan fingerprint density at radius 2 is 2.23 bits per heavy atom. The topological polar surface area (TPSA) is 33.2 Å². The van der Waals surface area contributed by atoms with Crippen molar-refractivity contribution in [1.82, 2.24) is 4.98 Å². The molecule has 1 aliphatic heterocycles. The summed E-state index contributed by atoms with van der Waals surface area (Å²) >= 11 is 3.35. The summed E-state index contributed by atoms with van der Waals surface area (Å²) in [4.78, 5) is 17.0. The maximum Gasteiger partial charge on any atom is 0.171 e. The molecule has 0 unspecified atom stereocenters. The molecule has 0 radical (unpaired) electrons. The predicted octanol–water partition coefficient (Wildman–Crippen LogP) is 1.54. The zero-order valence-electron chi connectivity index (χ0n) is 7.25. The van der Waals surface area contributed by atoms with Gasteiger partial charge in [-0.2, -0.15) is 0 Å². The molecule has 0 N–H and O–H groups in total. The number of carbonyl (C=O) groups excluding carboxylic acids is 1. The van der Waals surface area contributed by atoms with Crippen molar-refractivity contribution in [3.8, 4) is 0 Å². The number of pyridine rings is 1. The summed E-state index contributed by atoms with van der Waals surface area (Å²) in [5.74, 6) is 1.20. The van der Waals surface area contributed by atoms with Crippen molar-refractivity contribution in [1.29, 1.82) is 0 Å². The molecule has 3 nitrogen and oxygen atoms in total. The molecule has 2 rings (SSSR count). The van der Waals surface area contributed by atoms with Crippen molar-refractivity contribution in [2.24, 2.45) is 0 Å². The Kier molecular flexibility index (Phi) is 2.07. The second-order valence-electron chi connectivity index (χ2n) is 3.19. The van der Waals surface area contributed by atoms with Crippen molar-refractivity contribution in [3.63, 3.8) is 0 Å². The van der Waals surface area contributed by atoms with Gasteiger partial charge in [-0.3, -0.25) is 4.79 Å². The molecule has 0 atom stereocenters. The number of ketones is 1. The molecule has 0 saturated carbocycles. The fourth-order valence-corrected chi connectivity index (χ4v) is 1.84. The molecule has 1 aromatic heterocycles. The highest BCUT2D eigenvalue weighted by Crippen LogP contribution is 2.22. The van der Waals surface area contributed by atoms with Crippen LogP contribution in [-0.2, 0) is 4.79 Å². The standard InChI is InChI=1S/C9H9BrN2O/c1-6-2-7(10)3-11-9(6)12-4-8(13)5-12/h2-3H,4-5H2,1H3. The number of Topliss-reactive ketones (excluding diaryl/α,β-unsaturated/α-hetero) is 1. The quantitative estimate of drug-likeness (QED) is 0.747. The molecule has 0 aliphatic carbocycles. The normalized spacial score (nSPS) is 15.8. The number of carbonyl (C=O) groups is 1. The smallest absolute Gasteiger partial charge is 0.171 e. The van der Waals surface area contributed by atoms with E-state index in [9.17, 15) is 4.79 Å². The lowest BCUT2D eigenvalue weighted by Gasteiger charge is -2.31. The molecular weight excluding hydrogens is 232 g/mol. The molecule has 0 aromatic carbocycles. The second-order valence-corrected chi connectivity index (χ2v) is 4.10. The first-order valence-electron chi connectivity index (χ1n) is 4.05. The maximum absolute atomic E-state index is 10.8. The van der Waals surface area contributed by atoms with Gasteiger partial charge in [-0.05, 0) is 34.5 Å². The van der Waals surface area contributed by atoms with Crippen LogP contribution in [0.5, 0.6) is 0 Å². The Morgan fingerprint density at radius 1 is 1.54 bits per heavy atom. The van der Waals surface area contributed by atoms with Crippen LogP contribution in [0.2, 0.25) is 0 Å². The molecule has 0 spiro atoms. The Morgan fingerprint density at radius 3 is 2.77 bits per heavy atom. The van der Waals surface area contributed by atoms with Crippen LogP contribution < -0.4 is 4.90 Å². The molecular formula is C9H9BrN2O. The summed E-state index contributed by atoms with van der Waals surface area (Å²) in [6.45, 7) is 3.01. The van der Waals surface area contributed by atoms with E-state index in [1.165, 1.54) is 0 Å². The molecule has 0 amide bonds. The Labute approximate surface area is 84.9 Å². The van der Waals surface area contributed by atoms with E-state index >= 15 is 0 Å². The van der Waals surface area contributed by atoms with E-state index in [4.69, 9.17) is 0 Å². The summed E-state index contributed by atoms with van der Waals surface area (Å²) in [6, 6.07) is 2.01. The van der Waals surface area contributed by atoms with E-state index in [1.54, 1.807) is 6.20 Å². The monoisotopic (exact) mass is 240 g/mol. The Hall–Kier alpha value is -0.900. The third-order valence-corrected chi connectivity index (χ3v) is 2.48. The van der Waals surface area contributed by atoms with Gasteiger partial charge < -0.3 is 4.90 Å². The van der Waals surface area contributed by atoms with Crippen LogP contribution in [0, 0.1) is 6.92 Å². The van der Waals surface area contributed by atoms with Crippen LogP contribution in [-0.4, -0.2) is 23.9 Å². The minimum Gasteiger partial charge on any atom is -0.342 e. The zero-order chi connectivity index (χ0) is 9.42. The van der Waals surface area contributed by atoms with Crippen LogP contribution in [0.25, 0.3) is 0 Å². The van der Waals surface area contributed by atoms with E-state index in [-0.39, 0.29) is 5.78 Å². The van der Waals surface area contributed by atoms with Gasteiger partial charge in [-0.25, -0.2) is 4.98 Å². The van der Waals surface area contributed by atoms with Crippen molar-refractivity contribution < 1.29 is 4.79 Å². The number of hydrogen-bond donors (Lipinski definition) is 0. The third kappa shape index (κ3) is 1.58. The fraction of sp³-hybridized carbons (Fsp3) is 0.333. The highest BCUT2D eigenvalue weighted by atomic mass is 79.9. The molecule has 1 fully saturated rings. The Balaban J connectivity index is 2.26. The van der Waals surface area contributed by atoms with Gasteiger partial charge >= 0.3 is 0 Å². The lowest BCUT2D eigenvalue weighted by Crippen LogP contribution is -2.48. The number of aromatic nitrogens is 1. The van der Waals surface area contributed by atoms with Crippen molar-refractivity contribution in [2.75, 3.05) is 18.0 Å². The molecule has 1 aliphatic rings. The summed E-state index contributed by atoms with van der Waals surface area (Å²) in [7, 11) is 0. The van der Waals surface area contributed by atoms with Crippen LogP contribution in [0.3, 0.4) is 0 Å². The third-order valence-electron chi connectivity index (χ3n) is 2.05. The minimum absolute atomic E-state index is 0.282. The average Bonchev–Trinajstić information content (AvgIpc) is 2.00. The molecule has 1 aromatic rings. The number of rotatable bonds is 1. The number of anilines is 1. The first-order valence-corrected chi connectivity index (χ1v) is 4.85. The van der Waals surface area contributed by atoms with Gasteiger partial charge in [0.05, 0.1) is 13.1 Å².